The maximum atomic E-state index is 12.7. The molecule has 1 saturated heterocycles. The third-order valence-electron chi connectivity index (χ3n) is 5.65. The molecule has 0 aromatic heterocycles. The molecule has 0 spiro atoms. The number of hydrogen-bond acceptors (Lipinski definition) is 3. The van der Waals surface area contributed by atoms with Gasteiger partial charge in [0, 0.05) is 23.9 Å². The molecule has 0 atom stereocenters. The fraction of sp³-hybridized carbons (Fsp3) is 0.824. The first-order valence-corrected chi connectivity index (χ1v) is 8.38. The summed E-state index contributed by atoms with van der Waals surface area (Å²) in [6.07, 6.45) is 2.73. The third kappa shape index (κ3) is 3.03. The van der Waals surface area contributed by atoms with Gasteiger partial charge < -0.3 is 0 Å². The molecule has 0 aromatic carbocycles. The molecule has 126 valence electrons. The molecule has 0 N–H and O–H groups in total. The second-order valence-corrected chi connectivity index (χ2v) is 6.73. The van der Waals surface area contributed by atoms with Crippen LogP contribution < -0.4 is 0 Å². The van der Waals surface area contributed by atoms with Gasteiger partial charge in [0.1, 0.15) is 0 Å². The van der Waals surface area contributed by atoms with E-state index in [1.54, 1.807) is 0 Å². The smallest absolute Gasteiger partial charge is 0.274 e. The minimum absolute atomic E-state index is 0.160. The fourth-order valence-corrected chi connectivity index (χ4v) is 2.67. The molecule has 0 unspecified atom stereocenters. The van der Waals surface area contributed by atoms with E-state index in [1.807, 2.05) is 41.5 Å². The Kier molecular flexibility index (Phi) is 5.76. The molecule has 0 radical (unpaired) electrons. The van der Waals surface area contributed by atoms with E-state index in [1.165, 1.54) is 9.80 Å². The first-order valence-electron chi connectivity index (χ1n) is 8.38. The third-order valence-corrected chi connectivity index (χ3v) is 5.65. The summed E-state index contributed by atoms with van der Waals surface area (Å²) in [5.74, 6) is -0.319. The van der Waals surface area contributed by atoms with Crippen molar-refractivity contribution in [1.29, 1.82) is 0 Å². The predicted octanol–water partition coefficient (Wildman–Crippen LogP) is 3.43. The van der Waals surface area contributed by atoms with Crippen LogP contribution in [0.5, 0.6) is 0 Å². The molecular formula is C17H30N2O3. The quantitative estimate of drug-likeness (QED) is 0.755. The Morgan fingerprint density at radius 3 is 1.32 bits per heavy atom. The number of carbonyl (C=O) groups is 3. The van der Waals surface area contributed by atoms with Gasteiger partial charge in [-0.25, -0.2) is 4.79 Å². The maximum absolute atomic E-state index is 12.7. The van der Waals surface area contributed by atoms with E-state index in [2.05, 4.69) is 0 Å². The topological polar surface area (TPSA) is 57.7 Å². The largest absolute Gasteiger partial charge is 0.333 e. The van der Waals surface area contributed by atoms with E-state index in [0.29, 0.717) is 38.8 Å². The summed E-state index contributed by atoms with van der Waals surface area (Å²) >= 11 is 0. The molecule has 0 aromatic rings. The molecular weight excluding hydrogens is 280 g/mol. The highest BCUT2D eigenvalue weighted by Crippen LogP contribution is 2.33. The highest BCUT2D eigenvalue weighted by atomic mass is 16.2. The zero-order valence-corrected chi connectivity index (χ0v) is 14.9. The van der Waals surface area contributed by atoms with Crippen LogP contribution in [-0.2, 0) is 9.59 Å². The van der Waals surface area contributed by atoms with E-state index in [-0.39, 0.29) is 11.8 Å². The minimum Gasteiger partial charge on any atom is -0.274 e. The van der Waals surface area contributed by atoms with E-state index in [0.717, 1.165) is 0 Å². The molecule has 1 aliphatic heterocycles. The molecule has 5 heteroatoms. The SMILES string of the molecule is CCC(C)(CC)C(=O)N1CCN(C(=O)C(C)(CC)CC)C1=O. The van der Waals surface area contributed by atoms with Crippen LogP contribution in [0.2, 0.25) is 0 Å². The van der Waals surface area contributed by atoms with Crippen molar-refractivity contribution in [1.82, 2.24) is 9.80 Å². The van der Waals surface area contributed by atoms with Gasteiger partial charge in [-0.15, -0.1) is 0 Å². The van der Waals surface area contributed by atoms with Crippen molar-refractivity contribution in [2.45, 2.75) is 67.2 Å². The van der Waals surface area contributed by atoms with Gasteiger partial charge in [0.25, 0.3) is 0 Å². The number of imide groups is 2. The minimum atomic E-state index is -0.534. The molecule has 1 heterocycles. The number of rotatable bonds is 6. The summed E-state index contributed by atoms with van der Waals surface area (Å²) in [5.41, 5.74) is -1.07. The lowest BCUT2D eigenvalue weighted by Gasteiger charge is -2.31. The standard InChI is InChI=1S/C17H30N2O3/c1-7-16(5,8-2)13(20)18-11-12-19(15(18)22)14(21)17(6,9-3)10-4/h7-12H2,1-6H3. The van der Waals surface area contributed by atoms with Crippen LogP contribution in [0.1, 0.15) is 67.2 Å². The summed E-state index contributed by atoms with van der Waals surface area (Å²) < 4.78 is 0. The van der Waals surface area contributed by atoms with E-state index >= 15 is 0 Å². The molecule has 22 heavy (non-hydrogen) atoms. The second-order valence-electron chi connectivity index (χ2n) is 6.73. The van der Waals surface area contributed by atoms with Crippen molar-refractivity contribution in [3.05, 3.63) is 0 Å². The number of amides is 4. The Balaban J connectivity index is 2.95. The summed E-state index contributed by atoms with van der Waals surface area (Å²) in [6, 6.07) is -0.448. The number of urea groups is 1. The molecule has 1 fully saturated rings. The van der Waals surface area contributed by atoms with Gasteiger partial charge in [-0.05, 0) is 25.7 Å². The Labute approximate surface area is 134 Å². The summed E-state index contributed by atoms with van der Waals surface area (Å²) in [7, 11) is 0. The molecule has 0 saturated carbocycles. The van der Waals surface area contributed by atoms with E-state index in [9.17, 15) is 14.4 Å². The molecule has 0 aliphatic carbocycles. The van der Waals surface area contributed by atoms with Gasteiger partial charge in [-0.2, -0.15) is 0 Å². The average Bonchev–Trinajstić information content (AvgIpc) is 2.93. The normalized spacial score (nSPS) is 16.4. The predicted molar refractivity (Wildman–Crippen MR) is 86.2 cm³/mol. The van der Waals surface area contributed by atoms with Gasteiger partial charge in [-0.3, -0.25) is 19.4 Å². The van der Waals surface area contributed by atoms with Crippen LogP contribution in [0.3, 0.4) is 0 Å². The summed E-state index contributed by atoms with van der Waals surface area (Å²) in [5, 5.41) is 0. The molecule has 1 rings (SSSR count). The molecule has 4 amide bonds. The van der Waals surface area contributed by atoms with Gasteiger partial charge in [0.2, 0.25) is 11.8 Å². The van der Waals surface area contributed by atoms with Gasteiger partial charge in [0.05, 0.1) is 0 Å². The average molecular weight is 310 g/mol. The number of nitrogens with zero attached hydrogens (tertiary/aromatic N) is 2. The second kappa shape index (κ2) is 6.80. The monoisotopic (exact) mass is 310 g/mol. The van der Waals surface area contributed by atoms with E-state index in [4.69, 9.17) is 0 Å². The molecule has 1 aliphatic rings. The van der Waals surface area contributed by atoms with Crippen molar-refractivity contribution in [2.75, 3.05) is 13.1 Å². The van der Waals surface area contributed by atoms with Crippen LogP contribution in [0, 0.1) is 10.8 Å². The number of carbonyl (C=O) groups excluding carboxylic acids is 3. The Morgan fingerprint density at radius 2 is 1.09 bits per heavy atom. The first-order chi connectivity index (χ1) is 10.2. The molecule has 0 bridgehead atoms. The van der Waals surface area contributed by atoms with Crippen molar-refractivity contribution in [3.63, 3.8) is 0 Å². The van der Waals surface area contributed by atoms with E-state index < -0.39 is 16.9 Å². The van der Waals surface area contributed by atoms with Crippen LogP contribution in [0.4, 0.5) is 4.79 Å². The maximum Gasteiger partial charge on any atom is 0.333 e. The molecule has 5 nitrogen and oxygen atoms in total. The lowest BCUT2D eigenvalue weighted by Crippen LogP contribution is -2.48. The van der Waals surface area contributed by atoms with Gasteiger partial charge in [0.15, 0.2) is 0 Å². The Hall–Kier alpha value is -1.39. The highest BCUT2D eigenvalue weighted by molar-refractivity contribution is 6.06. The van der Waals surface area contributed by atoms with Crippen LogP contribution in [0.25, 0.3) is 0 Å². The van der Waals surface area contributed by atoms with Crippen molar-refractivity contribution in [3.8, 4) is 0 Å². The van der Waals surface area contributed by atoms with Crippen molar-refractivity contribution < 1.29 is 14.4 Å². The van der Waals surface area contributed by atoms with Crippen LogP contribution >= 0.6 is 0 Å². The lowest BCUT2D eigenvalue weighted by atomic mass is 9.83. The zero-order valence-electron chi connectivity index (χ0n) is 14.9. The van der Waals surface area contributed by atoms with Gasteiger partial charge >= 0.3 is 6.03 Å². The Bertz CT molecular complexity index is 411. The summed E-state index contributed by atoms with van der Waals surface area (Å²) in [6.45, 7) is 12.2. The highest BCUT2D eigenvalue weighted by Gasteiger charge is 2.46. The van der Waals surface area contributed by atoms with Crippen LogP contribution in [0.15, 0.2) is 0 Å². The van der Waals surface area contributed by atoms with Crippen molar-refractivity contribution in [2.24, 2.45) is 10.8 Å². The lowest BCUT2D eigenvalue weighted by molar-refractivity contribution is -0.138. The number of hydrogen-bond donors (Lipinski definition) is 0. The summed E-state index contributed by atoms with van der Waals surface area (Å²) in [4.78, 5) is 40.4. The fourth-order valence-electron chi connectivity index (χ4n) is 2.67. The Morgan fingerprint density at radius 1 is 0.818 bits per heavy atom. The zero-order chi connectivity index (χ0) is 17.1. The van der Waals surface area contributed by atoms with Gasteiger partial charge in [-0.1, -0.05) is 41.5 Å². The van der Waals surface area contributed by atoms with Crippen molar-refractivity contribution >= 4 is 17.8 Å². The first kappa shape index (κ1) is 18.7. The van der Waals surface area contributed by atoms with Crippen LogP contribution in [-0.4, -0.2) is 40.7 Å².